The highest BCUT2D eigenvalue weighted by Crippen LogP contribution is 2.44. The van der Waals surface area contributed by atoms with Gasteiger partial charge in [-0.15, -0.1) is 0 Å². The monoisotopic (exact) mass is 274 g/mol. The lowest BCUT2D eigenvalue weighted by molar-refractivity contribution is 0.0999. The van der Waals surface area contributed by atoms with Crippen molar-refractivity contribution in [3.05, 3.63) is 35.4 Å². The van der Waals surface area contributed by atoms with E-state index in [0.29, 0.717) is 12.2 Å². The highest BCUT2D eigenvalue weighted by Gasteiger charge is 2.45. The first kappa shape index (κ1) is 13.6. The number of likely N-dealkylation sites (tertiary alicyclic amines) is 1. The maximum atomic E-state index is 11.0. The van der Waals surface area contributed by atoms with Crippen LogP contribution in [0.5, 0.6) is 0 Å². The Morgan fingerprint density at radius 2 is 2.15 bits per heavy atom. The zero-order valence-corrected chi connectivity index (χ0v) is 11.8. The number of ether oxygens (including phenoxy) is 1. The Hall–Kier alpha value is -1.39. The summed E-state index contributed by atoms with van der Waals surface area (Å²) in [4.78, 5) is 13.6. The van der Waals surface area contributed by atoms with Gasteiger partial charge in [0.25, 0.3) is 0 Å². The largest absolute Gasteiger partial charge is 0.377 e. The van der Waals surface area contributed by atoms with E-state index in [-0.39, 0.29) is 5.91 Å². The van der Waals surface area contributed by atoms with Crippen LogP contribution in [0.1, 0.15) is 35.2 Å². The Labute approximate surface area is 119 Å². The second-order valence-electron chi connectivity index (χ2n) is 5.86. The maximum absolute atomic E-state index is 11.0. The topological polar surface area (TPSA) is 55.6 Å². The number of carbonyl (C=O) groups excluding carboxylic acids is 1. The number of fused-ring (bicyclic) bond motifs is 1. The average molecular weight is 274 g/mol. The van der Waals surface area contributed by atoms with Gasteiger partial charge in [0.1, 0.15) is 0 Å². The molecule has 1 aliphatic carbocycles. The third-order valence-electron chi connectivity index (χ3n) is 4.38. The Morgan fingerprint density at radius 3 is 2.75 bits per heavy atom. The van der Waals surface area contributed by atoms with Crippen LogP contribution >= 0.6 is 0 Å². The first-order chi connectivity index (χ1) is 9.74. The summed E-state index contributed by atoms with van der Waals surface area (Å²) in [5.74, 6) is 0.626. The van der Waals surface area contributed by atoms with Gasteiger partial charge in [0.15, 0.2) is 0 Å². The van der Waals surface area contributed by atoms with Crippen molar-refractivity contribution < 1.29 is 9.53 Å². The minimum absolute atomic E-state index is 0.388. The lowest BCUT2D eigenvalue weighted by Crippen LogP contribution is -2.25. The fraction of sp³-hybridized carbons (Fsp3) is 0.562. The molecule has 2 unspecified atom stereocenters. The van der Waals surface area contributed by atoms with Crippen molar-refractivity contribution in [3.63, 3.8) is 0 Å². The molecule has 1 saturated carbocycles. The molecule has 1 aliphatic heterocycles. The highest BCUT2D eigenvalue weighted by atomic mass is 16.5. The van der Waals surface area contributed by atoms with E-state index in [2.05, 4.69) is 4.90 Å². The van der Waals surface area contributed by atoms with E-state index in [4.69, 9.17) is 10.5 Å². The fourth-order valence-corrected chi connectivity index (χ4v) is 3.09. The summed E-state index contributed by atoms with van der Waals surface area (Å²) in [7, 11) is 0. The number of nitrogens with zero attached hydrogens (tertiary/aromatic N) is 1. The van der Waals surface area contributed by atoms with E-state index in [0.717, 1.165) is 30.6 Å². The Morgan fingerprint density at radius 1 is 1.35 bits per heavy atom. The number of piperidine rings is 1. The van der Waals surface area contributed by atoms with Crippen LogP contribution < -0.4 is 5.73 Å². The molecular formula is C16H22N2O2. The van der Waals surface area contributed by atoms with Crippen LogP contribution in [0.4, 0.5) is 0 Å². The molecular weight excluding hydrogens is 252 g/mol. The highest BCUT2D eigenvalue weighted by molar-refractivity contribution is 5.92. The number of carbonyl (C=O) groups is 1. The molecule has 1 aromatic rings. The number of hydrogen-bond acceptors (Lipinski definition) is 3. The van der Waals surface area contributed by atoms with Crippen LogP contribution in [0.3, 0.4) is 0 Å². The first-order valence-corrected chi connectivity index (χ1v) is 7.44. The SMILES string of the molecule is NC(=O)c1ccc(COCCCN2CCC3CC32)cc1. The molecule has 2 atom stereocenters. The average Bonchev–Trinajstić information content (AvgIpc) is 3.13. The summed E-state index contributed by atoms with van der Waals surface area (Å²) in [6.07, 6.45) is 3.92. The molecule has 1 amide bonds. The van der Waals surface area contributed by atoms with Crippen LogP contribution in [0, 0.1) is 5.92 Å². The lowest BCUT2D eigenvalue weighted by atomic mass is 10.1. The number of hydrogen-bond donors (Lipinski definition) is 1. The zero-order chi connectivity index (χ0) is 13.9. The van der Waals surface area contributed by atoms with E-state index < -0.39 is 0 Å². The number of benzene rings is 1. The molecule has 0 bridgehead atoms. The number of nitrogens with two attached hydrogens (primary N) is 1. The molecule has 2 N–H and O–H groups in total. The summed E-state index contributed by atoms with van der Waals surface area (Å²) < 4.78 is 5.69. The van der Waals surface area contributed by atoms with E-state index in [1.54, 1.807) is 12.1 Å². The smallest absolute Gasteiger partial charge is 0.248 e. The normalized spacial score (nSPS) is 24.6. The molecule has 4 heteroatoms. The molecule has 2 fully saturated rings. The summed E-state index contributed by atoms with van der Waals surface area (Å²) in [5, 5.41) is 0. The summed E-state index contributed by atoms with van der Waals surface area (Å²) in [6, 6.07) is 8.19. The number of amides is 1. The molecule has 1 aromatic carbocycles. The van der Waals surface area contributed by atoms with E-state index in [1.807, 2.05) is 12.1 Å². The van der Waals surface area contributed by atoms with Gasteiger partial charge in [0.05, 0.1) is 6.61 Å². The number of rotatable bonds is 7. The molecule has 2 aliphatic rings. The molecule has 0 radical (unpaired) electrons. The van der Waals surface area contributed by atoms with Crippen molar-refractivity contribution in [3.8, 4) is 0 Å². The number of primary amides is 1. The van der Waals surface area contributed by atoms with Gasteiger partial charge < -0.3 is 15.4 Å². The van der Waals surface area contributed by atoms with Gasteiger partial charge in [-0.1, -0.05) is 12.1 Å². The molecule has 1 saturated heterocycles. The standard InChI is InChI=1S/C16H22N2O2/c17-16(19)13-4-2-12(3-5-13)11-20-9-1-7-18-8-6-14-10-15(14)18/h2-5,14-15H,1,6-11H2,(H2,17,19). The van der Waals surface area contributed by atoms with E-state index in [9.17, 15) is 4.79 Å². The Bertz CT molecular complexity index is 472. The zero-order valence-electron chi connectivity index (χ0n) is 11.8. The van der Waals surface area contributed by atoms with Crippen molar-refractivity contribution in [2.75, 3.05) is 19.7 Å². The van der Waals surface area contributed by atoms with Crippen LogP contribution in [-0.2, 0) is 11.3 Å². The Balaban J connectivity index is 1.32. The van der Waals surface area contributed by atoms with Crippen LogP contribution in [0.15, 0.2) is 24.3 Å². The van der Waals surface area contributed by atoms with Gasteiger partial charge in [-0.3, -0.25) is 4.79 Å². The van der Waals surface area contributed by atoms with Gasteiger partial charge in [-0.25, -0.2) is 0 Å². The van der Waals surface area contributed by atoms with Gasteiger partial charge in [-0.05, 0) is 49.4 Å². The second kappa shape index (κ2) is 5.94. The van der Waals surface area contributed by atoms with Crippen molar-refractivity contribution in [1.82, 2.24) is 4.90 Å². The fourth-order valence-electron chi connectivity index (χ4n) is 3.09. The summed E-state index contributed by atoms with van der Waals surface area (Å²) in [5.41, 5.74) is 6.83. The molecule has 0 aromatic heterocycles. The molecule has 108 valence electrons. The predicted molar refractivity (Wildman–Crippen MR) is 77.3 cm³/mol. The maximum Gasteiger partial charge on any atom is 0.248 e. The third-order valence-corrected chi connectivity index (χ3v) is 4.38. The van der Waals surface area contributed by atoms with Crippen molar-refractivity contribution >= 4 is 5.91 Å². The van der Waals surface area contributed by atoms with Crippen LogP contribution in [0.25, 0.3) is 0 Å². The summed E-state index contributed by atoms with van der Waals surface area (Å²) >= 11 is 0. The van der Waals surface area contributed by atoms with Gasteiger partial charge in [-0.2, -0.15) is 0 Å². The van der Waals surface area contributed by atoms with Crippen molar-refractivity contribution in [2.24, 2.45) is 11.7 Å². The molecule has 3 rings (SSSR count). The van der Waals surface area contributed by atoms with Crippen LogP contribution in [-0.4, -0.2) is 36.5 Å². The van der Waals surface area contributed by atoms with Crippen molar-refractivity contribution in [2.45, 2.75) is 31.9 Å². The van der Waals surface area contributed by atoms with Gasteiger partial charge in [0, 0.05) is 24.8 Å². The molecule has 0 spiro atoms. The van der Waals surface area contributed by atoms with E-state index >= 15 is 0 Å². The third kappa shape index (κ3) is 3.19. The first-order valence-electron chi connectivity index (χ1n) is 7.44. The quantitative estimate of drug-likeness (QED) is 0.771. The second-order valence-corrected chi connectivity index (χ2v) is 5.86. The Kier molecular flexibility index (Phi) is 4.03. The predicted octanol–water partition coefficient (Wildman–Crippen LogP) is 1.79. The van der Waals surface area contributed by atoms with Crippen molar-refractivity contribution in [1.29, 1.82) is 0 Å². The minimum atomic E-state index is -0.388. The van der Waals surface area contributed by atoms with E-state index in [1.165, 1.54) is 25.9 Å². The molecule has 1 heterocycles. The molecule has 20 heavy (non-hydrogen) atoms. The van der Waals surface area contributed by atoms with Crippen LogP contribution in [0.2, 0.25) is 0 Å². The summed E-state index contributed by atoms with van der Waals surface area (Å²) in [6.45, 7) is 3.85. The van der Waals surface area contributed by atoms with Gasteiger partial charge >= 0.3 is 0 Å². The minimum Gasteiger partial charge on any atom is -0.377 e. The lowest BCUT2D eigenvalue weighted by Gasteiger charge is -2.17. The van der Waals surface area contributed by atoms with Gasteiger partial charge in [0.2, 0.25) is 5.91 Å². The molecule has 4 nitrogen and oxygen atoms in total.